The topological polar surface area (TPSA) is 531 Å². The summed E-state index contributed by atoms with van der Waals surface area (Å²) in [5.74, 6) is -0.169. The van der Waals surface area contributed by atoms with Crippen molar-refractivity contribution in [1.82, 2.24) is 38.2 Å². The van der Waals surface area contributed by atoms with E-state index in [2.05, 4.69) is 19.9 Å². The molecule has 0 radical (unpaired) electrons. The zero-order chi connectivity index (χ0) is 73.9. The molecule has 36 heteroatoms. The Hall–Kier alpha value is -8.88. The number of carboxylic acid groups (broad SMARTS) is 1. The van der Waals surface area contributed by atoms with Gasteiger partial charge in [-0.3, -0.25) is 66.7 Å². The monoisotopic (exact) mass is 1420 g/mol. The molecule has 3 aromatic carbocycles. The summed E-state index contributed by atoms with van der Waals surface area (Å²) in [6.45, 7) is 6.15. The zero-order valence-electron chi connectivity index (χ0n) is 55.1. The molecule has 15 N–H and O–H groups in total. The molecule has 13 atom stereocenters. The number of aliphatic hydroxyl groups is 8. The van der Waals surface area contributed by atoms with Crippen molar-refractivity contribution in [3.63, 3.8) is 0 Å². The fourth-order valence-electron chi connectivity index (χ4n) is 11.7. The number of aryl methyl sites for hydroxylation is 4. The molecule has 4 aromatic heterocycles. The molecule has 11 rings (SSSR count). The summed E-state index contributed by atoms with van der Waals surface area (Å²) in [6.07, 6.45) is -5.90. The number of carbonyl (C=O) groups is 1. The van der Waals surface area contributed by atoms with Crippen molar-refractivity contribution in [2.24, 2.45) is 0 Å². The third-order valence-electron chi connectivity index (χ3n) is 16.8. The predicted octanol–water partition coefficient (Wildman–Crippen LogP) is -2.00. The lowest BCUT2D eigenvalue weighted by molar-refractivity contribution is -0.155. The molecule has 0 aliphatic carbocycles. The van der Waals surface area contributed by atoms with Gasteiger partial charge in [-0.2, -0.15) is 0 Å². The molecule has 8 heterocycles. The molecule has 4 aliphatic heterocycles. The van der Waals surface area contributed by atoms with Gasteiger partial charge in [-0.05, 0) is 68.7 Å². The van der Waals surface area contributed by atoms with Crippen LogP contribution in [-0.4, -0.2) is 195 Å². The molecule has 0 saturated carbocycles. The standard InChI is InChI=1S/C33H34N2O9.3C10H14N2O5.CH5O3P/c1-20-19-35(31(40)34-30(20)39)26-17-32(41,18-27(36)37)29(44-26)28(38)33(21-7-5-4-6-8-21,22-9-13-24(42-2)14-10-22)23-11-15-25(43-3)16-12-23;3*1-5-3-12(10(16)11-9(5)15)8-2-6(14)7(4-13)17-8;1-5(2,3)4/h4-16,19,26,28-29,38,41H,17-18H2,1-3H3,(H,36,37)(H,34,39,40);3*3,6-8,13-14H,2,4H2,1H3,(H,11,15,16);1H3,(H2,2,3,4)/t26-,28?,29-,32-;3*6-,7+,8+;/m1000./s1. The van der Waals surface area contributed by atoms with E-state index >= 15 is 0 Å². The highest BCUT2D eigenvalue weighted by molar-refractivity contribution is 7.50. The van der Waals surface area contributed by atoms with Crippen LogP contribution in [0.1, 0.15) is 96.0 Å². The van der Waals surface area contributed by atoms with E-state index in [0.29, 0.717) is 44.9 Å². The van der Waals surface area contributed by atoms with Gasteiger partial charge in [0.2, 0.25) is 0 Å². The summed E-state index contributed by atoms with van der Waals surface area (Å²) in [5.41, 5.74) is -4.82. The number of nitrogens with one attached hydrogen (secondary N) is 4. The lowest BCUT2D eigenvalue weighted by atomic mass is 9.62. The van der Waals surface area contributed by atoms with Crippen LogP contribution in [0, 0.1) is 27.7 Å². The Kier molecular flexibility index (Phi) is 26.3. The largest absolute Gasteiger partial charge is 0.497 e. The van der Waals surface area contributed by atoms with Crippen LogP contribution < -0.4 is 54.5 Å². The van der Waals surface area contributed by atoms with Crippen molar-refractivity contribution in [2.45, 2.75) is 145 Å². The average molecular weight is 1430 g/mol. The predicted molar refractivity (Wildman–Crippen MR) is 351 cm³/mol. The van der Waals surface area contributed by atoms with E-state index in [1.807, 2.05) is 30.3 Å². The van der Waals surface area contributed by atoms with Crippen LogP contribution in [0.15, 0.2) is 142 Å². The molecule has 544 valence electrons. The van der Waals surface area contributed by atoms with E-state index in [9.17, 15) is 78.4 Å². The van der Waals surface area contributed by atoms with Crippen molar-refractivity contribution < 1.29 is 93.5 Å². The first-order valence-electron chi connectivity index (χ1n) is 30.9. The lowest BCUT2D eigenvalue weighted by Crippen LogP contribution is -2.56. The Bertz CT molecular complexity index is 4210. The van der Waals surface area contributed by atoms with Crippen molar-refractivity contribution in [2.75, 3.05) is 40.7 Å². The smallest absolute Gasteiger partial charge is 0.330 e. The van der Waals surface area contributed by atoms with Crippen LogP contribution in [-0.2, 0) is 33.7 Å². The molecule has 35 nitrogen and oxygen atoms in total. The second-order valence-electron chi connectivity index (χ2n) is 24.1. The Balaban J connectivity index is 0.000000205. The van der Waals surface area contributed by atoms with Gasteiger partial charge >= 0.3 is 36.3 Å². The van der Waals surface area contributed by atoms with E-state index in [1.165, 1.54) is 59.6 Å². The van der Waals surface area contributed by atoms with Gasteiger partial charge in [-0.25, -0.2) is 19.2 Å². The molecule has 0 spiro atoms. The summed E-state index contributed by atoms with van der Waals surface area (Å²) in [4.78, 5) is 129. The first-order chi connectivity index (χ1) is 47.1. The minimum atomic E-state index is -3.64. The highest BCUT2D eigenvalue weighted by atomic mass is 31.2. The molecule has 4 fully saturated rings. The molecule has 100 heavy (non-hydrogen) atoms. The van der Waals surface area contributed by atoms with Gasteiger partial charge in [-0.15, -0.1) is 0 Å². The molecule has 1 unspecified atom stereocenters. The molecule has 0 amide bonds. The number of aromatic nitrogens is 8. The van der Waals surface area contributed by atoms with Crippen molar-refractivity contribution in [3.05, 3.63) is 226 Å². The van der Waals surface area contributed by atoms with E-state index in [1.54, 1.807) is 69.3 Å². The molecular formula is C64H81N8O27P. The van der Waals surface area contributed by atoms with Gasteiger partial charge in [0.15, 0.2) is 0 Å². The fraction of sp³-hybridized carbons (Fsp3) is 0.453. The normalized spacial score (nSPS) is 24.2. The summed E-state index contributed by atoms with van der Waals surface area (Å²) >= 11 is 0. The Labute approximate surface area is 566 Å². The Morgan fingerprint density at radius 1 is 0.540 bits per heavy atom. The van der Waals surface area contributed by atoms with Crippen LogP contribution in [0.4, 0.5) is 0 Å². The van der Waals surface area contributed by atoms with Crippen molar-refractivity contribution >= 4 is 13.6 Å². The Morgan fingerprint density at radius 2 is 0.830 bits per heavy atom. The number of hydrogen-bond acceptors (Lipinski definition) is 24. The quantitative estimate of drug-likeness (QED) is 0.0368. The highest BCUT2D eigenvalue weighted by Crippen LogP contribution is 2.50. The average Bonchev–Trinajstić information content (AvgIpc) is 1.32. The molecule has 7 aromatic rings. The molecule has 4 saturated heterocycles. The second-order valence-corrected chi connectivity index (χ2v) is 25.7. The van der Waals surface area contributed by atoms with Crippen LogP contribution in [0.25, 0.3) is 0 Å². The minimum Gasteiger partial charge on any atom is -0.497 e. The van der Waals surface area contributed by atoms with Crippen molar-refractivity contribution in [3.8, 4) is 11.5 Å². The van der Waals surface area contributed by atoms with E-state index in [0.717, 1.165) is 11.2 Å². The number of rotatable bonds is 16. The van der Waals surface area contributed by atoms with Gasteiger partial charge < -0.3 is 84.2 Å². The van der Waals surface area contributed by atoms with Gasteiger partial charge in [0.1, 0.15) is 72.5 Å². The van der Waals surface area contributed by atoms with Gasteiger partial charge in [0, 0.05) is 79.4 Å². The lowest BCUT2D eigenvalue weighted by Gasteiger charge is -2.44. The number of aliphatic hydroxyl groups excluding tert-OH is 7. The number of ether oxygens (including phenoxy) is 6. The number of H-pyrrole nitrogens is 4. The fourth-order valence-corrected chi connectivity index (χ4v) is 11.7. The summed E-state index contributed by atoms with van der Waals surface area (Å²) < 4.78 is 47.1. The number of nitrogens with zero attached hydrogens (tertiary/aromatic N) is 4. The third-order valence-corrected chi connectivity index (χ3v) is 16.8. The van der Waals surface area contributed by atoms with Crippen LogP contribution in [0.2, 0.25) is 0 Å². The number of carboxylic acids is 1. The number of hydrogen-bond donors (Lipinski definition) is 15. The van der Waals surface area contributed by atoms with Crippen LogP contribution in [0.5, 0.6) is 11.5 Å². The molecule has 4 aliphatic rings. The summed E-state index contributed by atoms with van der Waals surface area (Å²) in [7, 11) is -0.562. The summed E-state index contributed by atoms with van der Waals surface area (Å²) in [6, 6.07) is 23.2. The number of methoxy groups -OCH3 is 2. The zero-order valence-corrected chi connectivity index (χ0v) is 56.0. The van der Waals surface area contributed by atoms with E-state index < -0.39 is 150 Å². The van der Waals surface area contributed by atoms with E-state index in [-0.39, 0.29) is 51.1 Å². The maximum Gasteiger partial charge on any atom is 0.330 e. The maximum atomic E-state index is 12.8. The van der Waals surface area contributed by atoms with Crippen molar-refractivity contribution in [1.29, 1.82) is 0 Å². The van der Waals surface area contributed by atoms with Gasteiger partial charge in [0.25, 0.3) is 22.2 Å². The highest BCUT2D eigenvalue weighted by Gasteiger charge is 2.59. The number of benzene rings is 3. The third kappa shape index (κ3) is 18.6. The van der Waals surface area contributed by atoms with E-state index in [4.69, 9.17) is 53.5 Å². The maximum absolute atomic E-state index is 12.8. The summed E-state index contributed by atoms with van der Waals surface area (Å²) in [5, 5.41) is 90.0. The van der Waals surface area contributed by atoms with Crippen LogP contribution in [0.3, 0.4) is 0 Å². The van der Waals surface area contributed by atoms with Gasteiger partial charge in [-0.1, -0.05) is 54.6 Å². The number of aromatic amines is 4. The SMILES string of the molecule is COc1ccc(C(c2ccccc2)(c2ccc(OC)cc2)C(O)[C@H]2O[C@@H](n3cc(C)c(=O)[nH]c3=O)C[C@@]2(O)CC(=O)O)cc1.CP(=O)(O)O.Cc1cn([C@H]2C[C@H](O)[C@@H](CO)O2)c(=O)[nH]c1=O.Cc1cn([C@H]2C[C@H](O)[C@@H](CO)O2)c(=O)[nH]c1=O.Cc1cn([C@H]2C[C@H](O)[C@@H](CO)O2)c(=O)[nH]c1=O. The Morgan fingerprint density at radius 3 is 1.10 bits per heavy atom. The molecule has 0 bridgehead atoms. The second kappa shape index (κ2) is 33.5. The van der Waals surface area contributed by atoms with Crippen LogP contribution >= 0.6 is 7.60 Å². The minimum absolute atomic E-state index is 0.205. The molecular weight excluding hydrogens is 1340 g/mol. The first-order valence-corrected chi connectivity index (χ1v) is 32.9. The number of aliphatic carboxylic acids is 1. The first kappa shape index (κ1) is 78.5. The van der Waals surface area contributed by atoms with Gasteiger partial charge in [0.05, 0.1) is 64.2 Å².